The van der Waals surface area contributed by atoms with Crippen molar-refractivity contribution in [2.24, 2.45) is 0 Å². The van der Waals surface area contributed by atoms with Crippen molar-refractivity contribution in [2.75, 3.05) is 6.54 Å². The van der Waals surface area contributed by atoms with E-state index in [2.05, 4.69) is 42.7 Å². The quantitative estimate of drug-likeness (QED) is 0.836. The van der Waals surface area contributed by atoms with E-state index in [0.29, 0.717) is 12.6 Å². The summed E-state index contributed by atoms with van der Waals surface area (Å²) in [5, 5.41) is 6.27. The van der Waals surface area contributed by atoms with Crippen molar-refractivity contribution in [3.8, 4) is 0 Å². The van der Waals surface area contributed by atoms with Crippen molar-refractivity contribution in [2.45, 2.75) is 45.7 Å². The lowest BCUT2D eigenvalue weighted by atomic mass is 10.00. The van der Waals surface area contributed by atoms with Gasteiger partial charge in [0.15, 0.2) is 0 Å². The second-order valence-electron chi connectivity index (χ2n) is 5.30. The molecular formula is C15H22N2O. The first kappa shape index (κ1) is 13.1. The van der Waals surface area contributed by atoms with E-state index in [9.17, 15) is 4.79 Å². The van der Waals surface area contributed by atoms with Crippen LogP contribution in [0.15, 0.2) is 18.2 Å². The monoisotopic (exact) mass is 246 g/mol. The van der Waals surface area contributed by atoms with Gasteiger partial charge in [-0.25, -0.2) is 0 Å². The van der Waals surface area contributed by atoms with Gasteiger partial charge in [0.05, 0.1) is 12.6 Å². The molecule has 98 valence electrons. The summed E-state index contributed by atoms with van der Waals surface area (Å²) < 4.78 is 0. The lowest BCUT2D eigenvalue weighted by Gasteiger charge is -2.17. The van der Waals surface area contributed by atoms with Crippen LogP contribution < -0.4 is 10.6 Å². The zero-order valence-corrected chi connectivity index (χ0v) is 11.4. The molecule has 0 bridgehead atoms. The Balaban J connectivity index is 1.90. The van der Waals surface area contributed by atoms with Crippen molar-refractivity contribution in [3.05, 3.63) is 34.9 Å². The Morgan fingerprint density at radius 2 is 2.11 bits per heavy atom. The number of hydrogen-bond donors (Lipinski definition) is 2. The fraction of sp³-hybridized carbons (Fsp3) is 0.533. The minimum atomic E-state index is 0.0680. The molecule has 1 unspecified atom stereocenters. The van der Waals surface area contributed by atoms with Crippen LogP contribution >= 0.6 is 0 Å². The predicted molar refractivity (Wildman–Crippen MR) is 73.5 cm³/mol. The second-order valence-corrected chi connectivity index (χ2v) is 5.30. The molecule has 1 aromatic carbocycles. The van der Waals surface area contributed by atoms with Crippen molar-refractivity contribution in [1.82, 2.24) is 10.6 Å². The summed E-state index contributed by atoms with van der Waals surface area (Å²) in [5.41, 5.74) is 3.66. The third kappa shape index (κ3) is 3.57. The molecule has 3 heteroatoms. The molecule has 0 aliphatic heterocycles. The van der Waals surface area contributed by atoms with Gasteiger partial charge in [-0.05, 0) is 44.7 Å². The Bertz CT molecular complexity index is 438. The van der Waals surface area contributed by atoms with E-state index in [1.165, 1.54) is 29.5 Å². The highest BCUT2D eigenvalue weighted by atomic mass is 16.1. The summed E-state index contributed by atoms with van der Waals surface area (Å²) in [4.78, 5) is 11.8. The summed E-state index contributed by atoms with van der Waals surface area (Å²) >= 11 is 0. The van der Waals surface area contributed by atoms with Crippen LogP contribution in [0.3, 0.4) is 0 Å². The Morgan fingerprint density at radius 3 is 2.78 bits per heavy atom. The lowest BCUT2D eigenvalue weighted by Crippen LogP contribution is -2.36. The third-order valence-electron chi connectivity index (χ3n) is 3.41. The van der Waals surface area contributed by atoms with Gasteiger partial charge in [0.25, 0.3) is 0 Å². The molecule has 18 heavy (non-hydrogen) atoms. The first-order valence-corrected chi connectivity index (χ1v) is 6.66. The molecule has 1 amide bonds. The van der Waals surface area contributed by atoms with E-state index in [0.717, 1.165) is 0 Å². The van der Waals surface area contributed by atoms with Crippen molar-refractivity contribution >= 4 is 5.91 Å². The fourth-order valence-electron chi connectivity index (χ4n) is 2.12. The maximum Gasteiger partial charge on any atom is 0.234 e. The number of carbonyl (C=O) groups excluding carboxylic acids is 1. The smallest absolute Gasteiger partial charge is 0.234 e. The Kier molecular flexibility index (Phi) is 4.02. The third-order valence-corrected chi connectivity index (χ3v) is 3.41. The molecule has 0 spiro atoms. The van der Waals surface area contributed by atoms with Gasteiger partial charge < -0.3 is 10.6 Å². The number of carbonyl (C=O) groups is 1. The molecule has 1 fully saturated rings. The Labute approximate surface area is 109 Å². The summed E-state index contributed by atoms with van der Waals surface area (Å²) in [6.07, 6.45) is 2.42. The van der Waals surface area contributed by atoms with Crippen LogP contribution in [0, 0.1) is 13.8 Å². The minimum absolute atomic E-state index is 0.0680. The van der Waals surface area contributed by atoms with Gasteiger partial charge in [-0.1, -0.05) is 23.8 Å². The first-order chi connectivity index (χ1) is 8.56. The molecular weight excluding hydrogens is 224 g/mol. The number of amides is 1. The molecule has 0 saturated heterocycles. The van der Waals surface area contributed by atoms with Crippen LogP contribution in [-0.4, -0.2) is 18.5 Å². The molecule has 1 aliphatic rings. The topological polar surface area (TPSA) is 41.1 Å². The number of benzene rings is 1. The zero-order chi connectivity index (χ0) is 13.1. The van der Waals surface area contributed by atoms with Crippen LogP contribution in [0.2, 0.25) is 0 Å². The van der Waals surface area contributed by atoms with Crippen LogP contribution in [0.1, 0.15) is 42.5 Å². The molecule has 0 radical (unpaired) electrons. The molecule has 0 heterocycles. The predicted octanol–water partition coefficient (Wildman–Crippen LogP) is 2.23. The van der Waals surface area contributed by atoms with Crippen molar-refractivity contribution in [3.63, 3.8) is 0 Å². The van der Waals surface area contributed by atoms with Crippen molar-refractivity contribution < 1.29 is 4.79 Å². The maximum absolute atomic E-state index is 11.8. The van der Waals surface area contributed by atoms with Gasteiger partial charge in [0.2, 0.25) is 5.91 Å². The van der Waals surface area contributed by atoms with E-state index in [-0.39, 0.29) is 11.9 Å². The highest BCUT2D eigenvalue weighted by Gasteiger charge is 2.21. The zero-order valence-electron chi connectivity index (χ0n) is 11.4. The minimum Gasteiger partial charge on any atom is -0.348 e. The molecule has 3 nitrogen and oxygen atoms in total. The molecule has 1 aromatic rings. The summed E-state index contributed by atoms with van der Waals surface area (Å²) in [5.74, 6) is 0.0790. The van der Waals surface area contributed by atoms with Gasteiger partial charge in [-0.15, -0.1) is 0 Å². The summed E-state index contributed by atoms with van der Waals surface area (Å²) in [7, 11) is 0. The van der Waals surface area contributed by atoms with E-state index in [1.807, 2.05) is 6.92 Å². The molecule has 2 N–H and O–H groups in total. The normalized spacial score (nSPS) is 16.4. The van der Waals surface area contributed by atoms with Gasteiger partial charge in [0, 0.05) is 6.04 Å². The molecule has 1 atom stereocenters. The Morgan fingerprint density at radius 1 is 1.39 bits per heavy atom. The number of aryl methyl sites for hydroxylation is 2. The van der Waals surface area contributed by atoms with Gasteiger partial charge in [0.1, 0.15) is 0 Å². The van der Waals surface area contributed by atoms with E-state index < -0.39 is 0 Å². The van der Waals surface area contributed by atoms with Gasteiger partial charge >= 0.3 is 0 Å². The Hall–Kier alpha value is -1.35. The second kappa shape index (κ2) is 5.53. The number of rotatable bonds is 5. The molecule has 1 saturated carbocycles. The lowest BCUT2D eigenvalue weighted by molar-refractivity contribution is -0.120. The van der Waals surface area contributed by atoms with E-state index in [4.69, 9.17) is 0 Å². The molecule has 0 aromatic heterocycles. The van der Waals surface area contributed by atoms with E-state index in [1.54, 1.807) is 0 Å². The average Bonchev–Trinajstić information content (AvgIpc) is 3.13. The standard InChI is InChI=1S/C15H22N2O/c1-10-4-5-11(2)14(8-10)12(3)17-15(18)9-16-13-6-7-13/h4-5,8,12-13,16H,6-7,9H2,1-3H3,(H,17,18). The fourth-order valence-corrected chi connectivity index (χ4v) is 2.12. The number of hydrogen-bond acceptors (Lipinski definition) is 2. The summed E-state index contributed by atoms with van der Waals surface area (Å²) in [6.45, 7) is 6.63. The average molecular weight is 246 g/mol. The molecule has 2 rings (SSSR count). The highest BCUT2D eigenvalue weighted by Crippen LogP contribution is 2.19. The largest absolute Gasteiger partial charge is 0.348 e. The van der Waals surface area contributed by atoms with Crippen molar-refractivity contribution in [1.29, 1.82) is 0 Å². The van der Waals surface area contributed by atoms with Gasteiger partial charge in [-0.3, -0.25) is 4.79 Å². The summed E-state index contributed by atoms with van der Waals surface area (Å²) in [6, 6.07) is 7.00. The highest BCUT2D eigenvalue weighted by molar-refractivity contribution is 5.78. The van der Waals surface area contributed by atoms with Gasteiger partial charge in [-0.2, -0.15) is 0 Å². The SMILES string of the molecule is Cc1ccc(C)c(C(C)NC(=O)CNC2CC2)c1. The number of nitrogens with one attached hydrogen (secondary N) is 2. The van der Waals surface area contributed by atoms with Crippen LogP contribution in [0.4, 0.5) is 0 Å². The first-order valence-electron chi connectivity index (χ1n) is 6.66. The van der Waals surface area contributed by atoms with Crippen LogP contribution in [-0.2, 0) is 4.79 Å². The van der Waals surface area contributed by atoms with Crippen LogP contribution in [0.25, 0.3) is 0 Å². The molecule has 1 aliphatic carbocycles. The van der Waals surface area contributed by atoms with E-state index >= 15 is 0 Å². The van der Waals surface area contributed by atoms with Crippen LogP contribution in [0.5, 0.6) is 0 Å². The maximum atomic E-state index is 11.8.